The van der Waals surface area contributed by atoms with Gasteiger partial charge in [-0.05, 0) is 50.1 Å². The largest absolute Gasteiger partial charge is 0.493 e. The molecule has 40 heavy (non-hydrogen) atoms. The molecule has 0 saturated carbocycles. The third-order valence-electron chi connectivity index (χ3n) is 8.35. The van der Waals surface area contributed by atoms with Crippen molar-refractivity contribution < 1.29 is 23.5 Å². The Labute approximate surface area is 234 Å². The van der Waals surface area contributed by atoms with E-state index in [9.17, 15) is 18.8 Å². The minimum Gasteiger partial charge on any atom is -0.493 e. The Morgan fingerprint density at radius 3 is 2.55 bits per heavy atom. The summed E-state index contributed by atoms with van der Waals surface area (Å²) in [6, 6.07) is 10.8. The van der Waals surface area contributed by atoms with Crippen LogP contribution in [0.15, 0.2) is 48.5 Å². The van der Waals surface area contributed by atoms with Gasteiger partial charge in [-0.3, -0.25) is 19.3 Å². The predicted octanol–water partition coefficient (Wildman–Crippen LogP) is 2.15. The van der Waals surface area contributed by atoms with Crippen molar-refractivity contribution in [3.8, 4) is 5.75 Å². The molecule has 0 spiro atoms. The molecule has 2 fully saturated rings. The van der Waals surface area contributed by atoms with E-state index in [4.69, 9.17) is 4.74 Å². The molecule has 2 saturated heterocycles. The molecule has 2 aromatic carbocycles. The normalized spacial score (nSPS) is 25.6. The molecule has 0 radical (unpaired) electrons. The molecule has 214 valence electrons. The number of nitrogens with one attached hydrogen (secondary N) is 3. The second-order valence-electron chi connectivity index (χ2n) is 11.2. The monoisotopic (exact) mass is 551 g/mol. The second-order valence-corrected chi connectivity index (χ2v) is 11.2. The Hall–Kier alpha value is -3.50. The molecule has 0 unspecified atom stereocenters. The lowest BCUT2D eigenvalue weighted by molar-refractivity contribution is -0.148. The van der Waals surface area contributed by atoms with Gasteiger partial charge in [-0.1, -0.05) is 37.3 Å². The number of rotatable bonds is 7. The zero-order valence-corrected chi connectivity index (χ0v) is 23.2. The Bertz CT molecular complexity index is 1240. The summed E-state index contributed by atoms with van der Waals surface area (Å²) in [6.07, 6.45) is 1.55. The number of carbonyl (C=O) groups is 3. The van der Waals surface area contributed by atoms with Gasteiger partial charge in [0.1, 0.15) is 23.7 Å². The van der Waals surface area contributed by atoms with Crippen molar-refractivity contribution in [3.05, 3.63) is 65.5 Å². The average Bonchev–Trinajstić information content (AvgIpc) is 3.34. The van der Waals surface area contributed by atoms with E-state index in [1.165, 1.54) is 24.3 Å². The highest BCUT2D eigenvalue weighted by atomic mass is 19.1. The summed E-state index contributed by atoms with van der Waals surface area (Å²) >= 11 is 0. The minimum absolute atomic E-state index is 0.132. The van der Waals surface area contributed by atoms with Crippen LogP contribution >= 0.6 is 0 Å². The highest BCUT2D eigenvalue weighted by molar-refractivity contribution is 5.94. The van der Waals surface area contributed by atoms with Gasteiger partial charge in [0.15, 0.2) is 0 Å². The standard InChI is InChI=1S/C30H38FN5O4/c1-18-14-22-16-36(30(39)27(34-28(37)19(2)32-3)20-8-10-21(31)11-9-20)25(17-35(22)15-18)29(38)33-24-12-13-40-26-7-5-4-6-23(24)26/h4-11,18-19,22,24-25,27,32H,12-17H2,1-3H3,(H,33,38)(H,34,37)/t18-,19+,22-,24-,25+,27+/m1/s1. The van der Waals surface area contributed by atoms with Crippen molar-refractivity contribution in [2.45, 2.75) is 56.9 Å². The maximum atomic E-state index is 14.3. The summed E-state index contributed by atoms with van der Waals surface area (Å²) in [5.74, 6) is -0.210. The van der Waals surface area contributed by atoms with Crippen molar-refractivity contribution in [1.29, 1.82) is 0 Å². The molecule has 3 N–H and O–H groups in total. The van der Waals surface area contributed by atoms with Gasteiger partial charge in [0.25, 0.3) is 5.91 Å². The number of para-hydroxylation sites is 1. The number of benzene rings is 2. The first kappa shape index (κ1) is 28.0. The van der Waals surface area contributed by atoms with Crippen LogP contribution in [-0.2, 0) is 14.4 Å². The molecule has 0 bridgehead atoms. The highest BCUT2D eigenvalue weighted by Gasteiger charge is 2.45. The Morgan fingerprint density at radius 2 is 1.80 bits per heavy atom. The fourth-order valence-electron chi connectivity index (χ4n) is 6.06. The van der Waals surface area contributed by atoms with E-state index >= 15 is 0 Å². The number of fused-ring (bicyclic) bond motifs is 2. The van der Waals surface area contributed by atoms with E-state index in [1.54, 1.807) is 18.9 Å². The zero-order chi connectivity index (χ0) is 28.4. The number of piperazine rings is 1. The molecular weight excluding hydrogens is 513 g/mol. The van der Waals surface area contributed by atoms with Gasteiger partial charge >= 0.3 is 0 Å². The molecule has 3 aliphatic rings. The van der Waals surface area contributed by atoms with Crippen LogP contribution in [0.4, 0.5) is 4.39 Å². The van der Waals surface area contributed by atoms with Gasteiger partial charge in [0.05, 0.1) is 18.7 Å². The molecule has 3 heterocycles. The lowest BCUT2D eigenvalue weighted by atomic mass is 9.98. The topological polar surface area (TPSA) is 103 Å². The van der Waals surface area contributed by atoms with Crippen LogP contribution < -0.4 is 20.7 Å². The summed E-state index contributed by atoms with van der Waals surface area (Å²) < 4.78 is 19.5. The van der Waals surface area contributed by atoms with Gasteiger partial charge in [0.2, 0.25) is 11.8 Å². The van der Waals surface area contributed by atoms with E-state index in [2.05, 4.69) is 27.8 Å². The lowest BCUT2D eigenvalue weighted by Gasteiger charge is -2.44. The van der Waals surface area contributed by atoms with E-state index in [1.807, 2.05) is 24.3 Å². The Kier molecular flexibility index (Phi) is 8.37. The van der Waals surface area contributed by atoms with Gasteiger partial charge in [0, 0.05) is 37.7 Å². The quantitative estimate of drug-likeness (QED) is 0.488. The summed E-state index contributed by atoms with van der Waals surface area (Å²) in [5.41, 5.74) is 1.38. The molecule has 10 heteroatoms. The molecule has 9 nitrogen and oxygen atoms in total. The maximum absolute atomic E-state index is 14.3. The van der Waals surface area contributed by atoms with E-state index in [0.717, 1.165) is 24.3 Å². The number of amides is 3. The minimum atomic E-state index is -1.06. The molecule has 3 aliphatic heterocycles. The van der Waals surface area contributed by atoms with Crippen LogP contribution in [0.3, 0.4) is 0 Å². The summed E-state index contributed by atoms with van der Waals surface area (Å²) in [6.45, 7) is 6.02. The Morgan fingerprint density at radius 1 is 1.05 bits per heavy atom. The third kappa shape index (κ3) is 5.83. The van der Waals surface area contributed by atoms with E-state index < -0.39 is 23.9 Å². The lowest BCUT2D eigenvalue weighted by Crippen LogP contribution is -2.64. The van der Waals surface area contributed by atoms with Crippen molar-refractivity contribution >= 4 is 17.7 Å². The van der Waals surface area contributed by atoms with E-state index in [0.29, 0.717) is 37.6 Å². The predicted molar refractivity (Wildman–Crippen MR) is 148 cm³/mol. The van der Waals surface area contributed by atoms with Gasteiger partial charge < -0.3 is 25.6 Å². The SMILES string of the molecule is CN[C@@H](C)C(=O)N[C@H](C(=O)N1C[C@H]2C[C@@H](C)CN2C[C@H]1C(=O)N[C@@H]1CCOc2ccccc21)c1ccc(F)cc1. The first-order valence-corrected chi connectivity index (χ1v) is 14.0. The number of likely N-dealkylation sites (N-methyl/N-ethyl adjacent to an activating group) is 1. The number of hydrogen-bond acceptors (Lipinski definition) is 6. The third-order valence-corrected chi connectivity index (χ3v) is 8.35. The summed E-state index contributed by atoms with van der Waals surface area (Å²) in [7, 11) is 1.66. The molecule has 3 amide bonds. The fraction of sp³-hybridized carbons (Fsp3) is 0.500. The molecule has 0 aromatic heterocycles. The molecule has 6 atom stereocenters. The number of ether oxygens (including phenoxy) is 1. The first-order valence-electron chi connectivity index (χ1n) is 14.0. The maximum Gasteiger partial charge on any atom is 0.250 e. The molecule has 2 aromatic rings. The number of halogens is 1. The van der Waals surface area contributed by atoms with Gasteiger partial charge in [-0.15, -0.1) is 0 Å². The summed E-state index contributed by atoms with van der Waals surface area (Å²) in [4.78, 5) is 45.0. The number of nitrogens with zero attached hydrogens (tertiary/aromatic N) is 2. The van der Waals surface area contributed by atoms with Crippen molar-refractivity contribution in [1.82, 2.24) is 25.8 Å². The van der Waals surface area contributed by atoms with Crippen molar-refractivity contribution in [2.24, 2.45) is 5.92 Å². The smallest absolute Gasteiger partial charge is 0.250 e. The van der Waals surface area contributed by atoms with Crippen LogP contribution in [0.5, 0.6) is 5.75 Å². The molecular formula is C30H38FN5O4. The average molecular weight is 552 g/mol. The number of hydrogen-bond donors (Lipinski definition) is 3. The van der Waals surface area contributed by atoms with Gasteiger partial charge in [-0.25, -0.2) is 4.39 Å². The van der Waals surface area contributed by atoms with Crippen LogP contribution in [0.2, 0.25) is 0 Å². The van der Waals surface area contributed by atoms with Crippen LogP contribution in [-0.4, -0.2) is 78.9 Å². The second kappa shape index (κ2) is 11.9. The fourth-order valence-corrected chi connectivity index (χ4v) is 6.06. The van der Waals surface area contributed by atoms with Crippen molar-refractivity contribution in [3.63, 3.8) is 0 Å². The first-order chi connectivity index (χ1) is 19.2. The molecule has 0 aliphatic carbocycles. The highest BCUT2D eigenvalue weighted by Crippen LogP contribution is 2.33. The number of carbonyl (C=O) groups excluding carboxylic acids is 3. The zero-order valence-electron chi connectivity index (χ0n) is 23.2. The van der Waals surface area contributed by atoms with Crippen LogP contribution in [0.1, 0.15) is 49.9 Å². The van der Waals surface area contributed by atoms with Crippen LogP contribution in [0, 0.1) is 11.7 Å². The summed E-state index contributed by atoms with van der Waals surface area (Å²) in [5, 5.41) is 8.92. The van der Waals surface area contributed by atoms with Gasteiger partial charge in [-0.2, -0.15) is 0 Å². The van der Waals surface area contributed by atoms with Crippen molar-refractivity contribution in [2.75, 3.05) is 33.3 Å². The van der Waals surface area contributed by atoms with Crippen LogP contribution in [0.25, 0.3) is 0 Å². The molecule has 5 rings (SSSR count). The van der Waals surface area contributed by atoms with E-state index in [-0.39, 0.29) is 29.8 Å². The Balaban J connectivity index is 1.44.